The lowest BCUT2D eigenvalue weighted by Gasteiger charge is -2.19. The van der Waals surface area contributed by atoms with E-state index in [1.54, 1.807) is 0 Å². The average Bonchev–Trinajstić information content (AvgIpc) is 2.70. The maximum Gasteiger partial charge on any atom is 0.136 e. The van der Waals surface area contributed by atoms with Crippen molar-refractivity contribution in [3.63, 3.8) is 0 Å². The van der Waals surface area contributed by atoms with Crippen molar-refractivity contribution in [1.29, 1.82) is 0 Å². The summed E-state index contributed by atoms with van der Waals surface area (Å²) in [6, 6.07) is 8.25. The number of ketones is 1. The third-order valence-corrected chi connectivity index (χ3v) is 3.96. The number of aromatic nitrogens is 2. The largest absolute Gasteiger partial charge is 0.299 e. The molecule has 1 aliphatic rings. The maximum atomic E-state index is 11.9. The molecular formula is C15H18N2O. The molecule has 1 saturated carbocycles. The normalized spacial score (nSPS) is 20.5. The molecule has 3 nitrogen and oxygen atoms in total. The Morgan fingerprint density at radius 2 is 2.17 bits per heavy atom. The molecule has 1 unspecified atom stereocenters. The molecule has 0 saturated heterocycles. The lowest BCUT2D eigenvalue weighted by Crippen LogP contribution is -2.21. The smallest absolute Gasteiger partial charge is 0.136 e. The van der Waals surface area contributed by atoms with Crippen LogP contribution >= 0.6 is 0 Å². The Balaban J connectivity index is 1.92. The molecule has 0 radical (unpaired) electrons. The van der Waals surface area contributed by atoms with E-state index in [1.807, 2.05) is 23.9 Å². The van der Waals surface area contributed by atoms with Crippen molar-refractivity contribution in [2.45, 2.75) is 32.1 Å². The highest BCUT2D eigenvalue weighted by Crippen LogP contribution is 2.26. The number of carbonyl (C=O) groups excluding carboxylic acids is 1. The van der Waals surface area contributed by atoms with Crippen molar-refractivity contribution in [3.8, 4) is 0 Å². The van der Waals surface area contributed by atoms with E-state index in [4.69, 9.17) is 0 Å². The summed E-state index contributed by atoms with van der Waals surface area (Å²) in [4.78, 5) is 11.9. The number of carbonyl (C=O) groups is 1. The molecule has 94 valence electrons. The third kappa shape index (κ3) is 1.94. The SMILES string of the molecule is Cn1nc(CC2CCCCC2=O)c2ccccc21. The zero-order chi connectivity index (χ0) is 12.5. The van der Waals surface area contributed by atoms with Crippen LogP contribution < -0.4 is 0 Å². The predicted molar refractivity (Wildman–Crippen MR) is 71.4 cm³/mol. The van der Waals surface area contributed by atoms with Gasteiger partial charge in [-0.05, 0) is 18.9 Å². The van der Waals surface area contributed by atoms with Crippen molar-refractivity contribution in [1.82, 2.24) is 9.78 Å². The second-order valence-corrected chi connectivity index (χ2v) is 5.20. The van der Waals surface area contributed by atoms with Gasteiger partial charge in [-0.1, -0.05) is 24.6 Å². The number of para-hydroxylation sites is 1. The van der Waals surface area contributed by atoms with Crippen LogP contribution in [0.5, 0.6) is 0 Å². The molecule has 1 aromatic carbocycles. The highest BCUT2D eigenvalue weighted by atomic mass is 16.1. The number of hydrogen-bond donors (Lipinski definition) is 0. The number of fused-ring (bicyclic) bond motifs is 1. The molecule has 3 heteroatoms. The quantitative estimate of drug-likeness (QED) is 0.811. The highest BCUT2D eigenvalue weighted by Gasteiger charge is 2.24. The molecule has 1 heterocycles. The van der Waals surface area contributed by atoms with Crippen LogP contribution in [0, 0.1) is 5.92 Å². The van der Waals surface area contributed by atoms with E-state index in [-0.39, 0.29) is 5.92 Å². The second-order valence-electron chi connectivity index (χ2n) is 5.20. The van der Waals surface area contributed by atoms with Crippen LogP contribution in [0.1, 0.15) is 31.4 Å². The summed E-state index contributed by atoms with van der Waals surface area (Å²) in [6.07, 6.45) is 4.85. The lowest BCUT2D eigenvalue weighted by atomic mass is 9.84. The zero-order valence-corrected chi connectivity index (χ0v) is 10.7. The third-order valence-electron chi connectivity index (χ3n) is 3.96. The number of hydrogen-bond acceptors (Lipinski definition) is 2. The molecule has 18 heavy (non-hydrogen) atoms. The number of nitrogens with zero attached hydrogens (tertiary/aromatic N) is 2. The maximum absolute atomic E-state index is 11.9. The Bertz CT molecular complexity index is 585. The Morgan fingerprint density at radius 3 is 3.00 bits per heavy atom. The molecule has 1 atom stereocenters. The molecule has 1 aromatic heterocycles. The van der Waals surface area contributed by atoms with Gasteiger partial charge in [0.05, 0.1) is 11.2 Å². The summed E-state index contributed by atoms with van der Waals surface area (Å²) in [5.41, 5.74) is 2.23. The summed E-state index contributed by atoms with van der Waals surface area (Å²) in [7, 11) is 1.97. The van der Waals surface area contributed by atoms with Crippen molar-refractivity contribution in [2.24, 2.45) is 13.0 Å². The van der Waals surface area contributed by atoms with E-state index in [2.05, 4.69) is 17.2 Å². The first-order chi connectivity index (χ1) is 8.75. The van der Waals surface area contributed by atoms with Gasteiger partial charge in [0.15, 0.2) is 0 Å². The zero-order valence-electron chi connectivity index (χ0n) is 10.7. The lowest BCUT2D eigenvalue weighted by molar-refractivity contribution is -0.124. The topological polar surface area (TPSA) is 34.9 Å². The monoisotopic (exact) mass is 242 g/mol. The van der Waals surface area contributed by atoms with E-state index in [1.165, 1.54) is 11.8 Å². The fourth-order valence-corrected chi connectivity index (χ4v) is 2.94. The Labute approximate surface area is 107 Å². The van der Waals surface area contributed by atoms with Crippen LogP contribution in [0.2, 0.25) is 0 Å². The Hall–Kier alpha value is -1.64. The summed E-state index contributed by atoms with van der Waals surface area (Å²) >= 11 is 0. The summed E-state index contributed by atoms with van der Waals surface area (Å²) in [5.74, 6) is 0.619. The van der Waals surface area contributed by atoms with Gasteiger partial charge in [0, 0.05) is 31.2 Å². The number of benzene rings is 1. The van der Waals surface area contributed by atoms with Gasteiger partial charge in [0.2, 0.25) is 0 Å². The van der Waals surface area contributed by atoms with Crippen LogP contribution in [0.4, 0.5) is 0 Å². The van der Waals surface area contributed by atoms with Crippen LogP contribution in [0.25, 0.3) is 10.9 Å². The van der Waals surface area contributed by atoms with Crippen LogP contribution in [-0.4, -0.2) is 15.6 Å². The van der Waals surface area contributed by atoms with Crippen LogP contribution in [-0.2, 0) is 18.3 Å². The van der Waals surface area contributed by atoms with Crippen molar-refractivity contribution in [2.75, 3.05) is 0 Å². The first kappa shape index (κ1) is 11.5. The second kappa shape index (κ2) is 4.56. The summed E-state index contributed by atoms with van der Waals surface area (Å²) in [6.45, 7) is 0. The van der Waals surface area contributed by atoms with Gasteiger partial charge in [-0.15, -0.1) is 0 Å². The van der Waals surface area contributed by atoms with Gasteiger partial charge in [0.1, 0.15) is 5.78 Å². The van der Waals surface area contributed by atoms with Gasteiger partial charge in [-0.25, -0.2) is 0 Å². The molecule has 0 aliphatic heterocycles. The average molecular weight is 242 g/mol. The molecule has 0 N–H and O–H groups in total. The molecule has 1 aliphatic carbocycles. The number of rotatable bonds is 2. The van der Waals surface area contributed by atoms with Crippen molar-refractivity contribution >= 4 is 16.7 Å². The van der Waals surface area contributed by atoms with Gasteiger partial charge < -0.3 is 0 Å². The molecule has 3 rings (SSSR count). The van der Waals surface area contributed by atoms with Crippen LogP contribution in [0.3, 0.4) is 0 Å². The van der Waals surface area contributed by atoms with E-state index in [0.29, 0.717) is 5.78 Å². The molecular weight excluding hydrogens is 224 g/mol. The summed E-state index contributed by atoms with van der Waals surface area (Å²) < 4.78 is 1.91. The number of Topliss-reactive ketones (excluding diaryl/α,β-unsaturated/α-hetero) is 1. The molecule has 0 amide bonds. The van der Waals surface area contributed by atoms with E-state index in [0.717, 1.165) is 36.9 Å². The number of aryl methyl sites for hydroxylation is 1. The van der Waals surface area contributed by atoms with Crippen molar-refractivity contribution < 1.29 is 4.79 Å². The first-order valence-corrected chi connectivity index (χ1v) is 6.69. The molecule has 1 fully saturated rings. The molecule has 2 aromatic rings. The predicted octanol–water partition coefficient (Wildman–Crippen LogP) is 2.88. The van der Waals surface area contributed by atoms with Gasteiger partial charge in [-0.2, -0.15) is 5.10 Å². The standard InChI is InChI=1S/C15H18N2O/c1-17-14-8-4-3-7-12(14)13(16-17)10-11-6-2-5-9-15(11)18/h3-4,7-8,11H,2,5-6,9-10H2,1H3. The fraction of sp³-hybridized carbons (Fsp3) is 0.467. The minimum atomic E-state index is 0.192. The summed E-state index contributed by atoms with van der Waals surface area (Å²) in [5, 5.41) is 5.78. The highest BCUT2D eigenvalue weighted by molar-refractivity contribution is 5.85. The van der Waals surface area contributed by atoms with E-state index >= 15 is 0 Å². The Morgan fingerprint density at radius 1 is 1.33 bits per heavy atom. The van der Waals surface area contributed by atoms with E-state index < -0.39 is 0 Å². The van der Waals surface area contributed by atoms with Gasteiger partial charge in [-0.3, -0.25) is 9.48 Å². The minimum absolute atomic E-state index is 0.192. The molecule has 0 spiro atoms. The fourth-order valence-electron chi connectivity index (χ4n) is 2.94. The first-order valence-electron chi connectivity index (χ1n) is 6.69. The van der Waals surface area contributed by atoms with Gasteiger partial charge in [0.25, 0.3) is 0 Å². The van der Waals surface area contributed by atoms with Gasteiger partial charge >= 0.3 is 0 Å². The molecule has 0 bridgehead atoms. The van der Waals surface area contributed by atoms with E-state index in [9.17, 15) is 4.79 Å². The van der Waals surface area contributed by atoms with Crippen molar-refractivity contribution in [3.05, 3.63) is 30.0 Å². The Kier molecular flexibility index (Phi) is 2.90. The van der Waals surface area contributed by atoms with Crippen LogP contribution in [0.15, 0.2) is 24.3 Å². The minimum Gasteiger partial charge on any atom is -0.299 e.